The second-order valence-electron chi connectivity index (χ2n) is 5.58. The number of thiophene rings is 1. The molecular weight excluding hydrogens is 320 g/mol. The minimum Gasteiger partial charge on any atom is -0.344 e. The Morgan fingerprint density at radius 2 is 2.41 bits per heavy atom. The number of hydrogen-bond acceptors (Lipinski definition) is 4. The lowest BCUT2D eigenvalue weighted by molar-refractivity contribution is -0.134. The number of nitrogens with zero attached hydrogens (tertiary/aromatic N) is 2. The Hall–Kier alpha value is -1.33. The third-order valence-corrected chi connectivity index (χ3v) is 5.62. The van der Waals surface area contributed by atoms with E-state index in [0.29, 0.717) is 18.1 Å². The fraction of sp³-hybridized carbons (Fsp3) is 0.500. The van der Waals surface area contributed by atoms with Gasteiger partial charge in [-0.2, -0.15) is 0 Å². The Labute approximate surface area is 139 Å². The molecule has 0 aliphatic carbocycles. The van der Waals surface area contributed by atoms with Crippen LogP contribution in [0.2, 0.25) is 5.22 Å². The van der Waals surface area contributed by atoms with Crippen LogP contribution >= 0.6 is 22.9 Å². The Morgan fingerprint density at radius 3 is 3.09 bits per heavy atom. The van der Waals surface area contributed by atoms with Crippen LogP contribution in [0.5, 0.6) is 0 Å². The molecule has 118 valence electrons. The monoisotopic (exact) mass is 338 g/mol. The van der Waals surface area contributed by atoms with Crippen molar-refractivity contribution in [2.24, 2.45) is 0 Å². The van der Waals surface area contributed by atoms with Crippen molar-refractivity contribution in [2.75, 3.05) is 6.54 Å². The van der Waals surface area contributed by atoms with Gasteiger partial charge in [-0.25, -0.2) is 0 Å². The zero-order valence-corrected chi connectivity index (χ0v) is 14.3. The van der Waals surface area contributed by atoms with Crippen molar-refractivity contribution in [3.8, 4) is 0 Å². The molecule has 1 atom stereocenters. The molecule has 3 heterocycles. The largest absolute Gasteiger partial charge is 0.344 e. The topological polar surface area (TPSA) is 46.3 Å². The molecule has 0 fully saturated rings. The normalized spacial score (nSPS) is 17.6. The fourth-order valence-corrected chi connectivity index (χ4v) is 4.34. The lowest BCUT2D eigenvalue weighted by atomic mass is 9.97. The second-order valence-corrected chi connectivity index (χ2v) is 6.92. The van der Waals surface area contributed by atoms with E-state index in [1.54, 1.807) is 11.3 Å². The van der Waals surface area contributed by atoms with Crippen LogP contribution < -0.4 is 0 Å². The van der Waals surface area contributed by atoms with Gasteiger partial charge in [-0.1, -0.05) is 12.1 Å². The van der Waals surface area contributed by atoms with Gasteiger partial charge in [0, 0.05) is 23.4 Å². The van der Waals surface area contributed by atoms with Gasteiger partial charge in [0.1, 0.15) is 0 Å². The van der Waals surface area contributed by atoms with Gasteiger partial charge in [0.2, 0.25) is 11.1 Å². The second kappa shape index (κ2) is 6.42. The summed E-state index contributed by atoms with van der Waals surface area (Å²) in [6, 6.07) is 2.37. The van der Waals surface area contributed by atoms with E-state index in [1.807, 2.05) is 11.8 Å². The van der Waals surface area contributed by atoms with Gasteiger partial charge in [-0.05, 0) is 54.8 Å². The summed E-state index contributed by atoms with van der Waals surface area (Å²) in [5.41, 5.74) is 2.94. The summed E-state index contributed by atoms with van der Waals surface area (Å²) >= 11 is 7.77. The van der Waals surface area contributed by atoms with Crippen molar-refractivity contribution in [2.45, 2.75) is 45.6 Å². The number of carbonyl (C=O) groups excluding carboxylic acids is 1. The molecule has 0 bridgehead atoms. The predicted molar refractivity (Wildman–Crippen MR) is 87.3 cm³/mol. The van der Waals surface area contributed by atoms with Crippen LogP contribution in [0.3, 0.4) is 0 Å². The number of aromatic nitrogens is 1. The maximum atomic E-state index is 12.7. The van der Waals surface area contributed by atoms with E-state index in [1.165, 1.54) is 10.4 Å². The molecule has 0 N–H and O–H groups in total. The third-order valence-electron chi connectivity index (χ3n) is 4.33. The molecular formula is C16H19ClN2O2S. The van der Waals surface area contributed by atoms with Crippen molar-refractivity contribution in [3.63, 3.8) is 0 Å². The highest BCUT2D eigenvalue weighted by atomic mass is 35.5. The number of halogens is 1. The SMILES string of the molecule is CC[C@H]1c2ccsc2CCN1C(=O)CCc1c(C)noc1Cl. The summed E-state index contributed by atoms with van der Waals surface area (Å²) in [6.45, 7) is 4.79. The zero-order valence-electron chi connectivity index (χ0n) is 12.8. The molecule has 3 rings (SSSR count). The summed E-state index contributed by atoms with van der Waals surface area (Å²) in [5.74, 6) is 0.181. The van der Waals surface area contributed by atoms with Crippen LogP contribution in [0.25, 0.3) is 0 Å². The van der Waals surface area contributed by atoms with Crippen molar-refractivity contribution in [3.05, 3.63) is 38.4 Å². The molecule has 0 saturated carbocycles. The number of aryl methyl sites for hydroxylation is 1. The number of rotatable bonds is 4. The smallest absolute Gasteiger partial charge is 0.229 e. The molecule has 0 spiro atoms. The van der Waals surface area contributed by atoms with Crippen LogP contribution in [-0.4, -0.2) is 22.5 Å². The number of carbonyl (C=O) groups is 1. The van der Waals surface area contributed by atoms with Crippen LogP contribution in [-0.2, 0) is 17.6 Å². The molecule has 0 radical (unpaired) electrons. The van der Waals surface area contributed by atoms with Gasteiger partial charge in [0.05, 0.1) is 11.7 Å². The standard InChI is InChI=1S/C16H19ClN2O2S/c1-3-13-12-7-9-22-14(12)6-8-19(13)15(20)5-4-11-10(2)18-21-16(11)17/h7,9,13H,3-6,8H2,1-2H3/t13-/m0/s1. The molecule has 2 aromatic rings. The summed E-state index contributed by atoms with van der Waals surface area (Å²) in [7, 11) is 0. The van der Waals surface area contributed by atoms with Crippen LogP contribution in [0, 0.1) is 6.92 Å². The highest BCUT2D eigenvalue weighted by Crippen LogP contribution is 2.35. The van der Waals surface area contributed by atoms with Crippen LogP contribution in [0.1, 0.15) is 47.5 Å². The zero-order chi connectivity index (χ0) is 15.7. The first-order valence-corrected chi connectivity index (χ1v) is 8.84. The maximum absolute atomic E-state index is 12.7. The molecule has 22 heavy (non-hydrogen) atoms. The lowest BCUT2D eigenvalue weighted by Crippen LogP contribution is -2.39. The molecule has 1 aliphatic heterocycles. The summed E-state index contributed by atoms with van der Waals surface area (Å²) in [6.07, 6.45) is 2.93. The van der Waals surface area contributed by atoms with E-state index in [-0.39, 0.29) is 11.9 Å². The van der Waals surface area contributed by atoms with Gasteiger partial charge >= 0.3 is 0 Å². The summed E-state index contributed by atoms with van der Waals surface area (Å²) in [4.78, 5) is 16.1. The average molecular weight is 339 g/mol. The fourth-order valence-electron chi connectivity index (χ4n) is 3.15. The first-order chi connectivity index (χ1) is 10.6. The molecule has 0 unspecified atom stereocenters. The Kier molecular flexibility index (Phi) is 4.54. The Morgan fingerprint density at radius 1 is 1.59 bits per heavy atom. The number of hydrogen-bond donors (Lipinski definition) is 0. The summed E-state index contributed by atoms with van der Waals surface area (Å²) in [5, 5.41) is 6.26. The van der Waals surface area contributed by atoms with Gasteiger partial charge < -0.3 is 9.42 Å². The van der Waals surface area contributed by atoms with E-state index in [0.717, 1.165) is 30.6 Å². The molecule has 0 saturated heterocycles. The molecule has 2 aromatic heterocycles. The number of fused-ring (bicyclic) bond motifs is 1. The molecule has 1 aliphatic rings. The van der Waals surface area contributed by atoms with E-state index in [4.69, 9.17) is 16.1 Å². The van der Waals surface area contributed by atoms with E-state index >= 15 is 0 Å². The summed E-state index contributed by atoms with van der Waals surface area (Å²) < 4.78 is 4.94. The number of amides is 1. The van der Waals surface area contributed by atoms with Crippen molar-refractivity contribution >= 4 is 28.8 Å². The Bertz CT molecular complexity index is 660. The van der Waals surface area contributed by atoms with Crippen molar-refractivity contribution < 1.29 is 9.32 Å². The third kappa shape index (κ3) is 2.79. The maximum Gasteiger partial charge on any atom is 0.229 e. The minimum atomic E-state index is 0.181. The van der Waals surface area contributed by atoms with Gasteiger partial charge in [-0.3, -0.25) is 4.79 Å². The average Bonchev–Trinajstić information content (AvgIpc) is 3.11. The van der Waals surface area contributed by atoms with Crippen LogP contribution in [0.4, 0.5) is 0 Å². The molecule has 4 nitrogen and oxygen atoms in total. The lowest BCUT2D eigenvalue weighted by Gasteiger charge is -2.35. The quantitative estimate of drug-likeness (QED) is 0.840. The predicted octanol–water partition coefficient (Wildman–Crippen LogP) is 4.17. The van der Waals surface area contributed by atoms with Crippen molar-refractivity contribution in [1.29, 1.82) is 0 Å². The van der Waals surface area contributed by atoms with Gasteiger partial charge in [0.25, 0.3) is 0 Å². The van der Waals surface area contributed by atoms with E-state index in [2.05, 4.69) is 23.5 Å². The first kappa shape index (κ1) is 15.6. The first-order valence-electron chi connectivity index (χ1n) is 7.58. The Balaban J connectivity index is 1.70. The molecule has 6 heteroatoms. The van der Waals surface area contributed by atoms with Gasteiger partial charge in [-0.15, -0.1) is 11.3 Å². The van der Waals surface area contributed by atoms with Crippen molar-refractivity contribution in [1.82, 2.24) is 10.1 Å². The van der Waals surface area contributed by atoms with Gasteiger partial charge in [0.15, 0.2) is 0 Å². The molecule has 1 amide bonds. The minimum absolute atomic E-state index is 0.181. The highest BCUT2D eigenvalue weighted by Gasteiger charge is 2.30. The van der Waals surface area contributed by atoms with Crippen LogP contribution in [0.15, 0.2) is 16.0 Å². The molecule has 0 aromatic carbocycles. The highest BCUT2D eigenvalue weighted by molar-refractivity contribution is 7.10. The van der Waals surface area contributed by atoms with E-state index < -0.39 is 0 Å². The van der Waals surface area contributed by atoms with E-state index in [9.17, 15) is 4.79 Å².